The van der Waals surface area contributed by atoms with Crippen LogP contribution in [0.15, 0.2) is 42.5 Å². The van der Waals surface area contributed by atoms with Crippen molar-refractivity contribution in [3.05, 3.63) is 68.7 Å². The molecule has 1 heterocycles. The Kier molecular flexibility index (Phi) is 4.90. The van der Waals surface area contributed by atoms with E-state index in [-0.39, 0.29) is 23.1 Å². The Balaban J connectivity index is 1.78. The van der Waals surface area contributed by atoms with E-state index in [2.05, 4.69) is 0 Å². The van der Waals surface area contributed by atoms with Crippen LogP contribution >= 0.6 is 11.6 Å². The van der Waals surface area contributed by atoms with Crippen LogP contribution in [-0.2, 0) is 0 Å². The Morgan fingerprint density at radius 2 is 2.00 bits per heavy atom. The highest BCUT2D eigenvalue weighted by Gasteiger charge is 2.31. The maximum atomic E-state index is 12.7. The number of nitro benzene ring substituents is 1. The first-order valence-electron chi connectivity index (χ1n) is 7.86. The molecule has 6 nitrogen and oxygen atoms in total. The van der Waals surface area contributed by atoms with Gasteiger partial charge < -0.3 is 9.64 Å². The van der Waals surface area contributed by atoms with Crippen LogP contribution in [0.3, 0.4) is 0 Å². The average Bonchev–Trinajstić information content (AvgIpc) is 3.11. The molecule has 2 aromatic carbocycles. The number of methoxy groups -OCH3 is 1. The largest absolute Gasteiger partial charge is 0.497 e. The summed E-state index contributed by atoms with van der Waals surface area (Å²) >= 11 is 5.92. The molecule has 7 heteroatoms. The van der Waals surface area contributed by atoms with Crippen molar-refractivity contribution in [2.75, 3.05) is 20.2 Å². The number of carbonyl (C=O) groups is 1. The van der Waals surface area contributed by atoms with Crippen LogP contribution in [0.4, 0.5) is 5.69 Å². The van der Waals surface area contributed by atoms with E-state index in [1.165, 1.54) is 18.2 Å². The van der Waals surface area contributed by atoms with Gasteiger partial charge in [0, 0.05) is 30.1 Å². The van der Waals surface area contributed by atoms with Crippen molar-refractivity contribution in [2.45, 2.75) is 12.3 Å². The predicted molar refractivity (Wildman–Crippen MR) is 94.4 cm³/mol. The zero-order chi connectivity index (χ0) is 18.0. The third-order valence-corrected chi connectivity index (χ3v) is 4.68. The summed E-state index contributed by atoms with van der Waals surface area (Å²) in [5.74, 6) is 0.627. The number of hydrogen-bond acceptors (Lipinski definition) is 4. The molecule has 1 amide bonds. The van der Waals surface area contributed by atoms with Crippen LogP contribution in [-0.4, -0.2) is 35.9 Å². The van der Waals surface area contributed by atoms with E-state index in [1.807, 2.05) is 24.3 Å². The zero-order valence-corrected chi connectivity index (χ0v) is 14.4. The van der Waals surface area contributed by atoms with Gasteiger partial charge in [-0.25, -0.2) is 0 Å². The maximum absolute atomic E-state index is 12.7. The molecule has 130 valence electrons. The number of benzene rings is 2. The van der Waals surface area contributed by atoms with Crippen LogP contribution in [0.1, 0.15) is 28.3 Å². The van der Waals surface area contributed by atoms with E-state index >= 15 is 0 Å². The standard InChI is InChI=1S/C18H17ClN2O4/c1-25-15-5-2-12(3-6-15)13-8-9-20(11-13)18(22)16-10-14(19)4-7-17(16)21(23)24/h2-7,10,13H,8-9,11H2,1H3. The molecule has 1 aliphatic heterocycles. The fourth-order valence-electron chi connectivity index (χ4n) is 3.10. The first-order chi connectivity index (χ1) is 12.0. The van der Waals surface area contributed by atoms with Crippen LogP contribution in [0.5, 0.6) is 5.75 Å². The molecule has 1 atom stereocenters. The predicted octanol–water partition coefficient (Wildman–Crippen LogP) is 3.89. The number of halogens is 1. The third kappa shape index (κ3) is 3.58. The summed E-state index contributed by atoms with van der Waals surface area (Å²) in [5.41, 5.74) is 0.937. The average molecular weight is 361 g/mol. The first kappa shape index (κ1) is 17.2. The molecule has 1 saturated heterocycles. The lowest BCUT2D eigenvalue weighted by molar-refractivity contribution is -0.385. The molecule has 0 radical (unpaired) electrons. The molecule has 3 rings (SSSR count). The smallest absolute Gasteiger partial charge is 0.282 e. The molecule has 0 aromatic heterocycles. The minimum Gasteiger partial charge on any atom is -0.497 e. The Morgan fingerprint density at radius 1 is 1.28 bits per heavy atom. The second-order valence-corrected chi connectivity index (χ2v) is 6.36. The highest BCUT2D eigenvalue weighted by Crippen LogP contribution is 2.31. The molecule has 1 aliphatic rings. The Morgan fingerprint density at radius 3 is 2.64 bits per heavy atom. The molecule has 0 N–H and O–H groups in total. The van der Waals surface area contributed by atoms with Gasteiger partial charge in [-0.1, -0.05) is 23.7 Å². The second-order valence-electron chi connectivity index (χ2n) is 5.93. The van der Waals surface area contributed by atoms with Crippen molar-refractivity contribution in [2.24, 2.45) is 0 Å². The molecule has 2 aromatic rings. The number of rotatable bonds is 4. The number of hydrogen-bond donors (Lipinski definition) is 0. The highest BCUT2D eigenvalue weighted by molar-refractivity contribution is 6.31. The number of ether oxygens (including phenoxy) is 1. The minimum absolute atomic E-state index is 0.0351. The van der Waals surface area contributed by atoms with Crippen molar-refractivity contribution in [1.29, 1.82) is 0 Å². The van der Waals surface area contributed by atoms with Gasteiger partial charge in [-0.15, -0.1) is 0 Å². The van der Waals surface area contributed by atoms with Crippen molar-refractivity contribution in [3.8, 4) is 5.75 Å². The molecular formula is C18H17ClN2O4. The van der Waals surface area contributed by atoms with Gasteiger partial charge in [-0.3, -0.25) is 14.9 Å². The summed E-state index contributed by atoms with van der Waals surface area (Å²) in [6.07, 6.45) is 0.812. The Bertz CT molecular complexity index is 807. The maximum Gasteiger partial charge on any atom is 0.282 e. The van der Waals surface area contributed by atoms with Gasteiger partial charge in [0.2, 0.25) is 0 Å². The summed E-state index contributed by atoms with van der Waals surface area (Å²) in [5, 5.41) is 11.5. The van der Waals surface area contributed by atoms with Crippen molar-refractivity contribution in [1.82, 2.24) is 4.90 Å². The van der Waals surface area contributed by atoms with Gasteiger partial charge >= 0.3 is 0 Å². The van der Waals surface area contributed by atoms with Gasteiger partial charge in [-0.2, -0.15) is 0 Å². The number of amides is 1. The zero-order valence-electron chi connectivity index (χ0n) is 13.6. The van der Waals surface area contributed by atoms with Crippen LogP contribution in [0.2, 0.25) is 5.02 Å². The van der Waals surface area contributed by atoms with E-state index in [9.17, 15) is 14.9 Å². The van der Waals surface area contributed by atoms with E-state index in [0.29, 0.717) is 18.1 Å². The van der Waals surface area contributed by atoms with E-state index in [1.54, 1.807) is 12.0 Å². The fraction of sp³-hybridized carbons (Fsp3) is 0.278. The lowest BCUT2D eigenvalue weighted by Gasteiger charge is -2.17. The molecule has 1 fully saturated rings. The van der Waals surface area contributed by atoms with Crippen molar-refractivity contribution in [3.63, 3.8) is 0 Å². The van der Waals surface area contributed by atoms with Crippen LogP contribution in [0, 0.1) is 10.1 Å². The van der Waals surface area contributed by atoms with Gasteiger partial charge in [-0.05, 0) is 36.2 Å². The topological polar surface area (TPSA) is 72.7 Å². The van der Waals surface area contributed by atoms with Gasteiger partial charge in [0.1, 0.15) is 11.3 Å². The second kappa shape index (κ2) is 7.11. The molecule has 25 heavy (non-hydrogen) atoms. The molecule has 0 spiro atoms. The highest BCUT2D eigenvalue weighted by atomic mass is 35.5. The lowest BCUT2D eigenvalue weighted by Crippen LogP contribution is -2.29. The number of nitrogens with zero attached hydrogens (tertiary/aromatic N) is 2. The van der Waals surface area contributed by atoms with Crippen LogP contribution in [0.25, 0.3) is 0 Å². The van der Waals surface area contributed by atoms with E-state index in [0.717, 1.165) is 17.7 Å². The Hall–Kier alpha value is -2.60. The normalized spacial score (nSPS) is 16.7. The van der Waals surface area contributed by atoms with Gasteiger partial charge in [0.05, 0.1) is 12.0 Å². The number of likely N-dealkylation sites (tertiary alicyclic amines) is 1. The first-order valence-corrected chi connectivity index (χ1v) is 8.24. The molecule has 1 unspecified atom stereocenters. The van der Waals surface area contributed by atoms with E-state index in [4.69, 9.17) is 16.3 Å². The van der Waals surface area contributed by atoms with Crippen molar-refractivity contribution < 1.29 is 14.5 Å². The van der Waals surface area contributed by atoms with Gasteiger partial charge in [0.25, 0.3) is 11.6 Å². The third-order valence-electron chi connectivity index (χ3n) is 4.45. The monoisotopic (exact) mass is 360 g/mol. The van der Waals surface area contributed by atoms with Crippen molar-refractivity contribution >= 4 is 23.2 Å². The minimum atomic E-state index is -0.555. The quantitative estimate of drug-likeness (QED) is 0.612. The number of nitro groups is 1. The lowest BCUT2D eigenvalue weighted by atomic mass is 9.98. The molecule has 0 saturated carbocycles. The summed E-state index contributed by atoms with van der Waals surface area (Å²) in [6, 6.07) is 11.8. The summed E-state index contributed by atoms with van der Waals surface area (Å²) in [4.78, 5) is 25.0. The molecular weight excluding hydrogens is 344 g/mol. The van der Waals surface area contributed by atoms with Crippen LogP contribution < -0.4 is 4.74 Å². The molecule has 0 aliphatic carbocycles. The number of carbonyl (C=O) groups excluding carboxylic acids is 1. The summed E-state index contributed by atoms with van der Waals surface area (Å²) in [6.45, 7) is 1.08. The SMILES string of the molecule is COc1ccc(C2CCN(C(=O)c3cc(Cl)ccc3[N+](=O)[O-])C2)cc1. The summed E-state index contributed by atoms with van der Waals surface area (Å²) in [7, 11) is 1.61. The molecule has 0 bridgehead atoms. The Labute approximate surface area is 150 Å². The fourth-order valence-corrected chi connectivity index (χ4v) is 3.27. The summed E-state index contributed by atoms with van der Waals surface area (Å²) < 4.78 is 5.15. The van der Waals surface area contributed by atoms with E-state index < -0.39 is 4.92 Å². The van der Waals surface area contributed by atoms with Gasteiger partial charge in [0.15, 0.2) is 0 Å².